The minimum Gasteiger partial charge on any atom is -0.460 e. The fourth-order valence-corrected chi connectivity index (χ4v) is 1.64. The SMILES string of the molecule is Cc1ccc(/C=N/Nc2ccc(C(F)(F)F)cc2[N+](=O)[O-])o1. The van der Waals surface area contributed by atoms with E-state index < -0.39 is 22.4 Å². The van der Waals surface area contributed by atoms with Gasteiger partial charge in [0.05, 0.1) is 16.7 Å². The number of hydrazone groups is 1. The molecule has 0 saturated carbocycles. The van der Waals surface area contributed by atoms with E-state index in [-0.39, 0.29) is 5.69 Å². The number of nitro benzene ring substituents is 1. The average molecular weight is 313 g/mol. The topological polar surface area (TPSA) is 80.7 Å². The molecule has 1 N–H and O–H groups in total. The van der Waals surface area contributed by atoms with Gasteiger partial charge in [0, 0.05) is 6.07 Å². The van der Waals surface area contributed by atoms with Crippen molar-refractivity contribution in [3.05, 3.63) is 57.5 Å². The summed E-state index contributed by atoms with van der Waals surface area (Å²) in [5, 5.41) is 14.6. The van der Waals surface area contributed by atoms with Crippen LogP contribution >= 0.6 is 0 Å². The molecule has 2 rings (SSSR count). The monoisotopic (exact) mass is 313 g/mol. The van der Waals surface area contributed by atoms with Crippen LogP contribution in [0.15, 0.2) is 39.9 Å². The highest BCUT2D eigenvalue weighted by Gasteiger charge is 2.33. The second-order valence-electron chi connectivity index (χ2n) is 4.31. The first-order valence-electron chi connectivity index (χ1n) is 5.98. The Labute approximate surface area is 122 Å². The molecule has 1 aromatic carbocycles. The number of furan rings is 1. The Balaban J connectivity index is 2.23. The zero-order valence-corrected chi connectivity index (χ0v) is 11.2. The molecule has 0 aliphatic heterocycles. The van der Waals surface area contributed by atoms with Crippen molar-refractivity contribution in [2.75, 3.05) is 5.43 Å². The third-order valence-corrected chi connectivity index (χ3v) is 2.66. The van der Waals surface area contributed by atoms with E-state index in [2.05, 4.69) is 10.5 Å². The van der Waals surface area contributed by atoms with Gasteiger partial charge in [0.15, 0.2) is 0 Å². The van der Waals surface area contributed by atoms with Gasteiger partial charge in [-0.15, -0.1) is 0 Å². The molecular weight excluding hydrogens is 303 g/mol. The lowest BCUT2D eigenvalue weighted by Gasteiger charge is -2.08. The fourth-order valence-electron chi connectivity index (χ4n) is 1.64. The van der Waals surface area contributed by atoms with Crippen molar-refractivity contribution in [2.45, 2.75) is 13.1 Å². The van der Waals surface area contributed by atoms with E-state index in [1.54, 1.807) is 19.1 Å². The van der Waals surface area contributed by atoms with Crippen LogP contribution in [-0.4, -0.2) is 11.1 Å². The molecule has 9 heteroatoms. The summed E-state index contributed by atoms with van der Waals surface area (Å²) in [5.41, 5.74) is 0.355. The lowest BCUT2D eigenvalue weighted by atomic mass is 10.1. The second-order valence-corrected chi connectivity index (χ2v) is 4.31. The van der Waals surface area contributed by atoms with Crippen LogP contribution in [0.3, 0.4) is 0 Å². The van der Waals surface area contributed by atoms with Gasteiger partial charge in [-0.3, -0.25) is 15.5 Å². The van der Waals surface area contributed by atoms with Crippen LogP contribution in [0.1, 0.15) is 17.1 Å². The lowest BCUT2D eigenvalue weighted by Crippen LogP contribution is -2.06. The van der Waals surface area contributed by atoms with Gasteiger partial charge in [-0.1, -0.05) is 0 Å². The molecule has 0 aliphatic rings. The Bertz CT molecular complexity index is 723. The molecule has 6 nitrogen and oxygen atoms in total. The van der Waals surface area contributed by atoms with Crippen molar-refractivity contribution in [1.82, 2.24) is 0 Å². The molecule has 0 radical (unpaired) electrons. The summed E-state index contributed by atoms with van der Waals surface area (Å²) in [6, 6.07) is 5.46. The number of nitrogens with zero attached hydrogens (tertiary/aromatic N) is 2. The summed E-state index contributed by atoms with van der Waals surface area (Å²) in [7, 11) is 0. The number of hydrogen-bond acceptors (Lipinski definition) is 5. The number of nitrogens with one attached hydrogen (secondary N) is 1. The molecule has 0 aliphatic carbocycles. The van der Waals surface area contributed by atoms with Crippen LogP contribution < -0.4 is 5.43 Å². The summed E-state index contributed by atoms with van der Waals surface area (Å²) >= 11 is 0. The fraction of sp³-hybridized carbons (Fsp3) is 0.154. The van der Waals surface area contributed by atoms with Crippen LogP contribution in [0.5, 0.6) is 0 Å². The molecule has 116 valence electrons. The number of alkyl halides is 3. The van der Waals surface area contributed by atoms with Crippen LogP contribution in [0.4, 0.5) is 24.5 Å². The molecule has 1 heterocycles. The van der Waals surface area contributed by atoms with Gasteiger partial charge in [0.25, 0.3) is 5.69 Å². The minimum absolute atomic E-state index is 0.155. The van der Waals surface area contributed by atoms with E-state index in [4.69, 9.17) is 4.42 Å². The zero-order valence-electron chi connectivity index (χ0n) is 11.2. The van der Waals surface area contributed by atoms with Crippen molar-refractivity contribution in [1.29, 1.82) is 0 Å². The van der Waals surface area contributed by atoms with Gasteiger partial charge in [-0.2, -0.15) is 18.3 Å². The van der Waals surface area contributed by atoms with Crippen molar-refractivity contribution in [3.63, 3.8) is 0 Å². The molecule has 0 saturated heterocycles. The van der Waals surface area contributed by atoms with Gasteiger partial charge >= 0.3 is 6.18 Å². The summed E-state index contributed by atoms with van der Waals surface area (Å²) in [5.74, 6) is 1.06. The van der Waals surface area contributed by atoms with E-state index in [0.29, 0.717) is 17.6 Å². The van der Waals surface area contributed by atoms with Crippen LogP contribution in [0, 0.1) is 17.0 Å². The van der Waals surface area contributed by atoms with Crippen molar-refractivity contribution >= 4 is 17.6 Å². The maximum Gasteiger partial charge on any atom is 0.416 e. The Kier molecular flexibility index (Phi) is 4.15. The van der Waals surface area contributed by atoms with E-state index >= 15 is 0 Å². The van der Waals surface area contributed by atoms with Gasteiger partial charge in [-0.05, 0) is 31.2 Å². The van der Waals surface area contributed by atoms with E-state index in [1.165, 1.54) is 6.21 Å². The number of nitro groups is 1. The molecule has 0 bridgehead atoms. The van der Waals surface area contributed by atoms with E-state index in [0.717, 1.165) is 12.1 Å². The second kappa shape index (κ2) is 5.88. The summed E-state index contributed by atoms with van der Waals surface area (Å²) in [6.07, 6.45) is -3.40. The van der Waals surface area contributed by atoms with Crippen LogP contribution in [-0.2, 0) is 6.18 Å². The Morgan fingerprint density at radius 3 is 2.59 bits per heavy atom. The Hall–Kier alpha value is -2.84. The zero-order chi connectivity index (χ0) is 16.3. The molecule has 0 fully saturated rings. The first-order chi connectivity index (χ1) is 10.3. The van der Waals surface area contributed by atoms with E-state index in [9.17, 15) is 23.3 Å². The maximum absolute atomic E-state index is 12.6. The van der Waals surface area contributed by atoms with E-state index in [1.807, 2.05) is 0 Å². The van der Waals surface area contributed by atoms with Gasteiger partial charge in [-0.25, -0.2) is 0 Å². The third-order valence-electron chi connectivity index (χ3n) is 2.66. The summed E-state index contributed by atoms with van der Waals surface area (Å²) in [6.45, 7) is 1.73. The number of rotatable bonds is 4. The molecule has 0 unspecified atom stereocenters. The molecule has 2 aromatic rings. The molecule has 0 atom stereocenters. The number of benzene rings is 1. The van der Waals surface area contributed by atoms with Crippen molar-refractivity contribution in [3.8, 4) is 0 Å². The first kappa shape index (κ1) is 15.5. The Morgan fingerprint density at radius 1 is 1.32 bits per heavy atom. The number of aryl methyl sites for hydroxylation is 1. The maximum atomic E-state index is 12.6. The Morgan fingerprint density at radius 2 is 2.05 bits per heavy atom. The summed E-state index contributed by atoms with van der Waals surface area (Å²) in [4.78, 5) is 9.95. The largest absolute Gasteiger partial charge is 0.460 e. The predicted molar refractivity (Wildman–Crippen MR) is 72.8 cm³/mol. The van der Waals surface area contributed by atoms with Gasteiger partial charge in [0.1, 0.15) is 17.2 Å². The normalized spacial score (nSPS) is 11.8. The quantitative estimate of drug-likeness (QED) is 0.526. The average Bonchev–Trinajstić information content (AvgIpc) is 2.83. The third kappa shape index (κ3) is 3.62. The number of hydrogen-bond donors (Lipinski definition) is 1. The standard InChI is InChI=1S/C13H10F3N3O3/c1-8-2-4-10(22-8)7-17-18-11-5-3-9(13(14,15)16)6-12(11)19(20)21/h2-7,18H,1H3/b17-7+. The van der Waals surface area contributed by atoms with Gasteiger partial charge in [0.2, 0.25) is 0 Å². The summed E-state index contributed by atoms with van der Waals surface area (Å²) < 4.78 is 42.9. The van der Waals surface area contributed by atoms with Crippen LogP contribution in [0.2, 0.25) is 0 Å². The smallest absolute Gasteiger partial charge is 0.416 e. The highest BCUT2D eigenvalue weighted by Crippen LogP contribution is 2.34. The predicted octanol–water partition coefficient (Wildman–Crippen LogP) is 3.96. The molecule has 1 aromatic heterocycles. The van der Waals surface area contributed by atoms with Crippen molar-refractivity contribution < 1.29 is 22.5 Å². The minimum atomic E-state index is -4.65. The first-order valence-corrected chi connectivity index (χ1v) is 5.98. The lowest BCUT2D eigenvalue weighted by molar-refractivity contribution is -0.384. The van der Waals surface area contributed by atoms with Crippen LogP contribution in [0.25, 0.3) is 0 Å². The number of halogens is 3. The molecule has 0 amide bonds. The molecular formula is C13H10F3N3O3. The number of anilines is 1. The van der Waals surface area contributed by atoms with Crippen molar-refractivity contribution in [2.24, 2.45) is 5.10 Å². The highest BCUT2D eigenvalue weighted by atomic mass is 19.4. The van der Waals surface area contributed by atoms with Gasteiger partial charge < -0.3 is 4.42 Å². The molecule has 0 spiro atoms. The highest BCUT2D eigenvalue weighted by molar-refractivity contribution is 5.77. The molecule has 22 heavy (non-hydrogen) atoms.